The van der Waals surface area contributed by atoms with E-state index in [1.165, 1.54) is 5.56 Å². The average Bonchev–Trinajstić information content (AvgIpc) is 2.47. The summed E-state index contributed by atoms with van der Waals surface area (Å²) >= 11 is 0. The van der Waals surface area contributed by atoms with Crippen molar-refractivity contribution in [2.45, 2.75) is 26.8 Å². The fraction of sp³-hybridized carbons (Fsp3) is 0.500. The number of carbonyl (C=O) groups is 1. The molecule has 2 N–H and O–H groups in total. The van der Waals surface area contributed by atoms with Crippen LogP contribution >= 0.6 is 24.0 Å². The number of rotatable bonds is 6. The molecule has 6 heteroatoms. The lowest BCUT2D eigenvalue weighted by molar-refractivity contribution is -0.127. The third-order valence-electron chi connectivity index (χ3n) is 2.99. The van der Waals surface area contributed by atoms with E-state index in [1.54, 1.807) is 19.0 Å². The van der Waals surface area contributed by atoms with Gasteiger partial charge in [-0.15, -0.1) is 24.0 Å². The molecule has 5 nitrogen and oxygen atoms in total. The molecule has 0 aliphatic rings. The highest BCUT2D eigenvalue weighted by molar-refractivity contribution is 14.0. The molecule has 0 radical (unpaired) electrons. The normalized spacial score (nSPS) is 10.6. The lowest BCUT2D eigenvalue weighted by Gasteiger charge is -2.14. The van der Waals surface area contributed by atoms with Gasteiger partial charge in [0, 0.05) is 20.6 Å². The Kier molecular flexibility index (Phi) is 10.6. The van der Waals surface area contributed by atoms with Gasteiger partial charge in [-0.1, -0.05) is 36.8 Å². The minimum absolute atomic E-state index is 0. The molecule has 0 saturated carbocycles. The Hall–Kier alpha value is -1.31. The molecule has 0 spiro atoms. The van der Waals surface area contributed by atoms with Crippen LogP contribution in [-0.2, 0) is 11.3 Å². The quantitative estimate of drug-likeness (QED) is 0.423. The first-order valence-electron chi connectivity index (χ1n) is 7.30. The smallest absolute Gasteiger partial charge is 0.241 e. The first kappa shape index (κ1) is 20.7. The average molecular weight is 418 g/mol. The standard InChI is InChI=1S/C16H26N4O.HI/c1-5-10-17-16(19-12-15(21)20(3)4)18-11-14-8-6-13(2)7-9-14;/h6-9H,5,10-12H2,1-4H3,(H2,17,18,19);1H. The number of aliphatic imine (C=N–C) groups is 1. The molecular formula is C16H27IN4O. The van der Waals surface area contributed by atoms with Crippen LogP contribution in [0.15, 0.2) is 29.3 Å². The number of halogens is 1. The Morgan fingerprint density at radius 1 is 1.18 bits per heavy atom. The maximum atomic E-state index is 11.6. The summed E-state index contributed by atoms with van der Waals surface area (Å²) in [7, 11) is 3.49. The fourth-order valence-electron chi connectivity index (χ4n) is 1.60. The number of aryl methyl sites for hydroxylation is 1. The summed E-state index contributed by atoms with van der Waals surface area (Å²) < 4.78 is 0. The SMILES string of the molecule is CCCNC(=NCc1ccc(C)cc1)NCC(=O)N(C)C.I. The number of amides is 1. The number of hydrogen-bond donors (Lipinski definition) is 2. The predicted molar refractivity (Wildman–Crippen MR) is 103 cm³/mol. The maximum Gasteiger partial charge on any atom is 0.241 e. The van der Waals surface area contributed by atoms with Crippen molar-refractivity contribution in [2.75, 3.05) is 27.2 Å². The molecule has 1 aromatic carbocycles. The van der Waals surface area contributed by atoms with Crippen molar-refractivity contribution < 1.29 is 4.79 Å². The van der Waals surface area contributed by atoms with E-state index in [0.29, 0.717) is 12.5 Å². The van der Waals surface area contributed by atoms with Gasteiger partial charge in [0.05, 0.1) is 13.1 Å². The number of likely N-dealkylation sites (N-methyl/N-ethyl adjacent to an activating group) is 1. The zero-order valence-corrected chi connectivity index (χ0v) is 16.2. The highest BCUT2D eigenvalue weighted by atomic mass is 127. The van der Waals surface area contributed by atoms with Crippen LogP contribution < -0.4 is 10.6 Å². The summed E-state index contributed by atoms with van der Waals surface area (Å²) in [4.78, 5) is 17.7. The number of nitrogens with one attached hydrogen (secondary N) is 2. The topological polar surface area (TPSA) is 56.7 Å². The van der Waals surface area contributed by atoms with Crippen molar-refractivity contribution in [1.82, 2.24) is 15.5 Å². The van der Waals surface area contributed by atoms with E-state index in [2.05, 4.69) is 53.7 Å². The predicted octanol–water partition coefficient (Wildman–Crippen LogP) is 2.15. The van der Waals surface area contributed by atoms with Crippen LogP contribution in [0.25, 0.3) is 0 Å². The van der Waals surface area contributed by atoms with Gasteiger partial charge in [-0.05, 0) is 18.9 Å². The van der Waals surface area contributed by atoms with Crippen LogP contribution in [0.3, 0.4) is 0 Å². The van der Waals surface area contributed by atoms with Gasteiger partial charge in [0.1, 0.15) is 0 Å². The Morgan fingerprint density at radius 3 is 2.36 bits per heavy atom. The van der Waals surface area contributed by atoms with Crippen molar-refractivity contribution >= 4 is 35.8 Å². The van der Waals surface area contributed by atoms with Crippen LogP contribution in [0, 0.1) is 6.92 Å². The molecule has 0 atom stereocenters. The van der Waals surface area contributed by atoms with E-state index in [0.717, 1.165) is 18.5 Å². The second-order valence-corrected chi connectivity index (χ2v) is 5.22. The second-order valence-electron chi connectivity index (χ2n) is 5.22. The van der Waals surface area contributed by atoms with Crippen molar-refractivity contribution in [3.8, 4) is 0 Å². The zero-order valence-electron chi connectivity index (χ0n) is 13.8. The molecule has 1 aromatic rings. The van der Waals surface area contributed by atoms with Crippen LogP contribution in [0.1, 0.15) is 24.5 Å². The summed E-state index contributed by atoms with van der Waals surface area (Å²) in [6.45, 7) is 5.83. The second kappa shape index (κ2) is 11.3. The Bertz CT molecular complexity index is 472. The van der Waals surface area contributed by atoms with Crippen molar-refractivity contribution in [3.63, 3.8) is 0 Å². The summed E-state index contributed by atoms with van der Waals surface area (Å²) in [5, 5.41) is 6.28. The molecule has 0 fully saturated rings. The van der Waals surface area contributed by atoms with Gasteiger partial charge >= 0.3 is 0 Å². The molecule has 1 rings (SSSR count). The summed E-state index contributed by atoms with van der Waals surface area (Å²) in [5.74, 6) is 0.698. The van der Waals surface area contributed by atoms with E-state index >= 15 is 0 Å². The highest BCUT2D eigenvalue weighted by Crippen LogP contribution is 2.04. The van der Waals surface area contributed by atoms with Crippen LogP contribution in [-0.4, -0.2) is 44.0 Å². The lowest BCUT2D eigenvalue weighted by Crippen LogP contribution is -2.43. The zero-order chi connectivity index (χ0) is 15.7. The number of nitrogens with zero attached hydrogens (tertiary/aromatic N) is 2. The molecule has 124 valence electrons. The molecule has 0 aliphatic heterocycles. The third kappa shape index (κ3) is 8.21. The molecule has 0 aromatic heterocycles. The minimum Gasteiger partial charge on any atom is -0.356 e. The number of hydrogen-bond acceptors (Lipinski definition) is 2. The molecule has 0 aliphatic carbocycles. The third-order valence-corrected chi connectivity index (χ3v) is 2.99. The summed E-state index contributed by atoms with van der Waals surface area (Å²) in [6, 6.07) is 8.29. The molecule has 0 heterocycles. The van der Waals surface area contributed by atoms with Gasteiger partial charge < -0.3 is 15.5 Å². The Balaban J connectivity index is 0.00000441. The van der Waals surface area contributed by atoms with Crippen molar-refractivity contribution in [1.29, 1.82) is 0 Å². The molecule has 0 bridgehead atoms. The first-order chi connectivity index (χ1) is 10.0. The molecule has 22 heavy (non-hydrogen) atoms. The lowest BCUT2D eigenvalue weighted by atomic mass is 10.1. The van der Waals surface area contributed by atoms with Gasteiger partial charge in [0.25, 0.3) is 0 Å². The number of guanidine groups is 1. The summed E-state index contributed by atoms with van der Waals surface area (Å²) in [6.07, 6.45) is 1.01. The maximum absolute atomic E-state index is 11.6. The molecule has 0 saturated heterocycles. The summed E-state index contributed by atoms with van der Waals surface area (Å²) in [5.41, 5.74) is 2.39. The van der Waals surface area contributed by atoms with Crippen LogP contribution in [0.4, 0.5) is 0 Å². The fourth-order valence-corrected chi connectivity index (χ4v) is 1.60. The molecular weight excluding hydrogens is 391 g/mol. The number of carbonyl (C=O) groups excluding carboxylic acids is 1. The van der Waals surface area contributed by atoms with E-state index in [4.69, 9.17) is 0 Å². The van der Waals surface area contributed by atoms with E-state index < -0.39 is 0 Å². The first-order valence-corrected chi connectivity index (χ1v) is 7.30. The number of benzene rings is 1. The van der Waals surface area contributed by atoms with Crippen molar-refractivity contribution in [3.05, 3.63) is 35.4 Å². The Morgan fingerprint density at radius 2 is 1.82 bits per heavy atom. The van der Waals surface area contributed by atoms with E-state index in [1.807, 2.05) is 0 Å². The molecule has 1 amide bonds. The van der Waals surface area contributed by atoms with Crippen LogP contribution in [0.5, 0.6) is 0 Å². The van der Waals surface area contributed by atoms with Gasteiger partial charge in [0.2, 0.25) is 5.91 Å². The van der Waals surface area contributed by atoms with Gasteiger partial charge in [-0.2, -0.15) is 0 Å². The van der Waals surface area contributed by atoms with E-state index in [-0.39, 0.29) is 36.4 Å². The van der Waals surface area contributed by atoms with E-state index in [9.17, 15) is 4.79 Å². The largest absolute Gasteiger partial charge is 0.356 e. The van der Waals surface area contributed by atoms with Gasteiger partial charge in [-0.3, -0.25) is 4.79 Å². The van der Waals surface area contributed by atoms with Gasteiger partial charge in [-0.25, -0.2) is 4.99 Å². The minimum atomic E-state index is 0. The Labute approximate surface area is 150 Å². The van der Waals surface area contributed by atoms with Gasteiger partial charge in [0.15, 0.2) is 5.96 Å². The van der Waals surface area contributed by atoms with Crippen LogP contribution in [0.2, 0.25) is 0 Å². The molecule has 0 unspecified atom stereocenters. The monoisotopic (exact) mass is 418 g/mol. The highest BCUT2D eigenvalue weighted by Gasteiger charge is 2.05. The van der Waals surface area contributed by atoms with Crippen molar-refractivity contribution in [2.24, 2.45) is 4.99 Å².